The summed E-state index contributed by atoms with van der Waals surface area (Å²) in [6.45, 7) is 7.39. The van der Waals surface area contributed by atoms with E-state index in [-0.39, 0.29) is 11.9 Å². The molecule has 5 heteroatoms. The predicted molar refractivity (Wildman–Crippen MR) is 164 cm³/mol. The van der Waals surface area contributed by atoms with Gasteiger partial charge in [-0.2, -0.15) is 0 Å². The van der Waals surface area contributed by atoms with Crippen molar-refractivity contribution < 1.29 is 4.79 Å². The van der Waals surface area contributed by atoms with E-state index in [1.165, 1.54) is 45.9 Å². The average molecular weight is 534 g/mol. The Labute approximate surface area is 235 Å². The van der Waals surface area contributed by atoms with Gasteiger partial charge < -0.3 is 4.57 Å². The lowest BCUT2D eigenvalue weighted by atomic mass is 9.85. The Morgan fingerprint density at radius 2 is 1.72 bits per heavy atom. The number of amidine groups is 1. The monoisotopic (exact) mass is 533 g/mol. The van der Waals surface area contributed by atoms with Crippen molar-refractivity contribution in [3.05, 3.63) is 106 Å². The first-order valence-electron chi connectivity index (χ1n) is 14.0. The fourth-order valence-corrected chi connectivity index (χ4v) is 7.15. The molecule has 0 unspecified atom stereocenters. The lowest BCUT2D eigenvalue weighted by Crippen LogP contribution is -2.44. The summed E-state index contributed by atoms with van der Waals surface area (Å²) in [6, 6.07) is 27.4. The van der Waals surface area contributed by atoms with E-state index < -0.39 is 0 Å². The molecule has 4 aromatic rings. The third kappa shape index (κ3) is 5.08. The zero-order chi connectivity index (χ0) is 26.9. The number of aromatic nitrogens is 1. The highest BCUT2D eigenvalue weighted by molar-refractivity contribution is 8.18. The van der Waals surface area contributed by atoms with Gasteiger partial charge in [0.05, 0.1) is 10.6 Å². The molecule has 1 aliphatic heterocycles. The van der Waals surface area contributed by atoms with Gasteiger partial charge in [0, 0.05) is 34.7 Å². The second-order valence-corrected chi connectivity index (χ2v) is 11.9. The molecule has 0 spiro atoms. The van der Waals surface area contributed by atoms with Crippen LogP contribution in [0.3, 0.4) is 0 Å². The SMILES string of the molecule is Cc1cccc(Cn2c(C)c(/C=C3\SC(=Nc4ccccc4)N([C@@H]4CCCC[C@@H]4C)C3=O)c3ccccc32)c1. The molecule has 1 aliphatic carbocycles. The number of carbonyl (C=O) groups is 1. The van der Waals surface area contributed by atoms with Crippen LogP contribution in [-0.4, -0.2) is 26.6 Å². The maximum Gasteiger partial charge on any atom is 0.267 e. The van der Waals surface area contributed by atoms with Gasteiger partial charge in [0.2, 0.25) is 0 Å². The van der Waals surface area contributed by atoms with Crippen molar-refractivity contribution in [3.63, 3.8) is 0 Å². The van der Waals surface area contributed by atoms with Crippen LogP contribution in [0, 0.1) is 19.8 Å². The van der Waals surface area contributed by atoms with Gasteiger partial charge in [-0.1, -0.05) is 86.0 Å². The molecule has 6 rings (SSSR count). The minimum Gasteiger partial charge on any atom is -0.340 e. The van der Waals surface area contributed by atoms with Crippen molar-refractivity contribution in [3.8, 4) is 0 Å². The van der Waals surface area contributed by atoms with Crippen molar-refractivity contribution in [2.24, 2.45) is 10.9 Å². The van der Waals surface area contributed by atoms with Gasteiger partial charge in [-0.05, 0) is 74.2 Å². The normalized spacial score (nSPS) is 21.9. The molecular formula is C34H35N3OS. The number of carbonyl (C=O) groups excluding carboxylic acids is 1. The molecule has 4 nitrogen and oxygen atoms in total. The molecule has 1 aromatic heterocycles. The zero-order valence-electron chi connectivity index (χ0n) is 22.9. The van der Waals surface area contributed by atoms with Gasteiger partial charge >= 0.3 is 0 Å². The summed E-state index contributed by atoms with van der Waals surface area (Å²) in [5.41, 5.74) is 6.90. The molecule has 1 saturated heterocycles. The Bertz CT molecular complexity index is 1580. The molecule has 0 bridgehead atoms. The topological polar surface area (TPSA) is 37.6 Å². The lowest BCUT2D eigenvalue weighted by molar-refractivity contribution is -0.124. The van der Waals surface area contributed by atoms with Crippen LogP contribution in [0.2, 0.25) is 0 Å². The van der Waals surface area contributed by atoms with Crippen LogP contribution < -0.4 is 0 Å². The smallest absolute Gasteiger partial charge is 0.267 e. The van der Waals surface area contributed by atoms with Crippen LogP contribution in [0.25, 0.3) is 17.0 Å². The molecule has 0 N–H and O–H groups in total. The highest BCUT2D eigenvalue weighted by Crippen LogP contribution is 2.41. The number of para-hydroxylation sites is 2. The van der Waals surface area contributed by atoms with Crippen LogP contribution in [0.5, 0.6) is 0 Å². The molecule has 2 atom stereocenters. The van der Waals surface area contributed by atoms with E-state index >= 15 is 0 Å². The zero-order valence-corrected chi connectivity index (χ0v) is 23.7. The van der Waals surface area contributed by atoms with Gasteiger partial charge in [0.25, 0.3) is 5.91 Å². The summed E-state index contributed by atoms with van der Waals surface area (Å²) in [7, 11) is 0. The van der Waals surface area contributed by atoms with Gasteiger partial charge in [-0.3, -0.25) is 9.69 Å². The molecule has 198 valence electrons. The van der Waals surface area contributed by atoms with Crippen molar-refractivity contribution in [1.29, 1.82) is 0 Å². The van der Waals surface area contributed by atoms with E-state index in [9.17, 15) is 4.79 Å². The minimum absolute atomic E-state index is 0.0864. The Morgan fingerprint density at radius 3 is 2.51 bits per heavy atom. The maximum absolute atomic E-state index is 14.1. The standard InChI is InChI=1S/C34H35N3OS/c1-23-12-11-14-26(20-23)22-36-25(3)29(28-17-8-10-19-31(28)36)21-32-33(38)37(30-18-9-7-13-24(30)2)34(39-32)35-27-15-5-4-6-16-27/h4-6,8,10-12,14-17,19-21,24,30H,7,9,13,18,22H2,1-3H3/b32-21-,35-34?/t24-,30+/m0/s1. The van der Waals surface area contributed by atoms with Crippen LogP contribution in [0.1, 0.15) is 55.0 Å². The molecule has 39 heavy (non-hydrogen) atoms. The number of hydrogen-bond donors (Lipinski definition) is 0. The highest BCUT2D eigenvalue weighted by atomic mass is 32.2. The van der Waals surface area contributed by atoms with Crippen LogP contribution in [0.15, 0.2) is 88.8 Å². The molecule has 2 heterocycles. The third-order valence-electron chi connectivity index (χ3n) is 8.19. The number of fused-ring (bicyclic) bond motifs is 1. The quantitative estimate of drug-likeness (QED) is 0.241. The van der Waals surface area contributed by atoms with Crippen molar-refractivity contribution in [2.75, 3.05) is 0 Å². The van der Waals surface area contributed by atoms with Gasteiger partial charge in [0.1, 0.15) is 0 Å². The summed E-state index contributed by atoms with van der Waals surface area (Å²) in [5, 5.41) is 1.98. The maximum atomic E-state index is 14.1. The van der Waals surface area contributed by atoms with Gasteiger partial charge in [0.15, 0.2) is 5.17 Å². The van der Waals surface area contributed by atoms with Gasteiger partial charge in [-0.15, -0.1) is 0 Å². The summed E-state index contributed by atoms with van der Waals surface area (Å²) in [5.74, 6) is 0.546. The van der Waals surface area contributed by atoms with Crippen LogP contribution in [-0.2, 0) is 11.3 Å². The van der Waals surface area contributed by atoms with E-state index in [0.717, 1.165) is 47.1 Å². The first-order valence-corrected chi connectivity index (χ1v) is 14.8. The summed E-state index contributed by atoms with van der Waals surface area (Å²) in [4.78, 5) is 21.8. The molecule has 0 radical (unpaired) electrons. The third-order valence-corrected chi connectivity index (χ3v) is 9.18. The molecular weight excluding hydrogens is 498 g/mol. The Balaban J connectivity index is 1.43. The first-order chi connectivity index (χ1) is 19.0. The lowest BCUT2D eigenvalue weighted by Gasteiger charge is -2.35. The molecule has 2 aliphatic rings. The number of aliphatic imine (C=N–C) groups is 1. The number of nitrogens with zero attached hydrogens (tertiary/aromatic N) is 3. The Morgan fingerprint density at radius 1 is 0.949 bits per heavy atom. The van der Waals surface area contributed by atoms with E-state index in [1.807, 2.05) is 35.2 Å². The van der Waals surface area contributed by atoms with Crippen molar-refractivity contribution in [2.45, 2.75) is 59.0 Å². The second kappa shape index (κ2) is 10.9. The van der Waals surface area contributed by atoms with E-state index in [0.29, 0.717) is 5.92 Å². The average Bonchev–Trinajstić information content (AvgIpc) is 3.38. The summed E-state index contributed by atoms with van der Waals surface area (Å²) < 4.78 is 2.38. The number of amides is 1. The molecule has 3 aromatic carbocycles. The number of hydrogen-bond acceptors (Lipinski definition) is 3. The Hall–Kier alpha value is -3.57. The highest BCUT2D eigenvalue weighted by Gasteiger charge is 2.41. The number of benzene rings is 3. The van der Waals surface area contributed by atoms with Crippen molar-refractivity contribution >= 4 is 45.5 Å². The minimum atomic E-state index is 0.0864. The van der Waals surface area contributed by atoms with E-state index in [4.69, 9.17) is 4.99 Å². The Kier molecular flexibility index (Phi) is 7.18. The fraction of sp³-hybridized carbons (Fsp3) is 0.294. The number of rotatable bonds is 5. The van der Waals surface area contributed by atoms with E-state index in [1.54, 1.807) is 0 Å². The van der Waals surface area contributed by atoms with Crippen molar-refractivity contribution in [1.82, 2.24) is 9.47 Å². The van der Waals surface area contributed by atoms with Crippen LogP contribution >= 0.6 is 11.8 Å². The van der Waals surface area contributed by atoms with Crippen LogP contribution in [0.4, 0.5) is 5.69 Å². The predicted octanol–water partition coefficient (Wildman–Crippen LogP) is 8.49. The molecule has 1 saturated carbocycles. The number of thioether (sulfide) groups is 1. The second-order valence-electron chi connectivity index (χ2n) is 10.9. The van der Waals surface area contributed by atoms with Gasteiger partial charge in [-0.25, -0.2) is 4.99 Å². The summed E-state index contributed by atoms with van der Waals surface area (Å²) >= 11 is 1.52. The largest absolute Gasteiger partial charge is 0.340 e. The fourth-order valence-electron chi connectivity index (χ4n) is 6.12. The van der Waals surface area contributed by atoms with E-state index in [2.05, 4.69) is 79.9 Å². The molecule has 1 amide bonds. The first kappa shape index (κ1) is 25.7. The molecule has 2 fully saturated rings. The number of aryl methyl sites for hydroxylation is 1. The summed E-state index contributed by atoms with van der Waals surface area (Å²) in [6.07, 6.45) is 6.70.